The van der Waals surface area contributed by atoms with Crippen molar-refractivity contribution in [3.05, 3.63) is 12.7 Å². The first-order chi connectivity index (χ1) is 6.52. The number of carbonyl (C=O) groups is 2. The standard InChI is InChI=1S/C10H15NO3/c1-3-5-8(12)11-7-4-6-10(11,2)9(13)14/h3H,1,4-7H2,2H3,(H,13,14). The van der Waals surface area contributed by atoms with Gasteiger partial charge < -0.3 is 10.0 Å². The highest BCUT2D eigenvalue weighted by Crippen LogP contribution is 2.29. The van der Waals surface area contributed by atoms with Gasteiger partial charge in [-0.15, -0.1) is 6.58 Å². The molecule has 0 aromatic heterocycles. The SMILES string of the molecule is C=CCC(=O)N1CCCC1(C)C(=O)O. The number of hydrogen-bond acceptors (Lipinski definition) is 2. The molecule has 4 heteroatoms. The summed E-state index contributed by atoms with van der Waals surface area (Å²) in [6.07, 6.45) is 3.00. The number of carboxylic acids is 1. The Balaban J connectivity index is 2.82. The molecule has 1 N–H and O–H groups in total. The van der Waals surface area contributed by atoms with E-state index in [0.29, 0.717) is 13.0 Å². The number of carbonyl (C=O) groups excluding carboxylic acids is 1. The van der Waals surface area contributed by atoms with Gasteiger partial charge in [-0.1, -0.05) is 6.08 Å². The van der Waals surface area contributed by atoms with Gasteiger partial charge in [-0.3, -0.25) is 4.79 Å². The second-order valence-electron chi connectivity index (χ2n) is 3.72. The van der Waals surface area contributed by atoms with Crippen molar-refractivity contribution in [2.45, 2.75) is 31.7 Å². The maximum absolute atomic E-state index is 11.6. The normalized spacial score (nSPS) is 26.2. The minimum atomic E-state index is -1.01. The number of rotatable bonds is 3. The minimum absolute atomic E-state index is 0.151. The van der Waals surface area contributed by atoms with Crippen LogP contribution in [-0.4, -0.2) is 34.0 Å². The maximum atomic E-state index is 11.6. The Morgan fingerprint density at radius 3 is 2.79 bits per heavy atom. The third-order valence-corrected chi connectivity index (χ3v) is 2.72. The van der Waals surface area contributed by atoms with E-state index < -0.39 is 11.5 Å². The van der Waals surface area contributed by atoms with Gasteiger partial charge in [0.15, 0.2) is 0 Å². The Morgan fingerprint density at radius 2 is 2.29 bits per heavy atom. The molecule has 0 saturated carbocycles. The fourth-order valence-corrected chi connectivity index (χ4v) is 1.82. The van der Waals surface area contributed by atoms with Crippen molar-refractivity contribution in [2.75, 3.05) is 6.54 Å². The molecule has 1 unspecified atom stereocenters. The van der Waals surface area contributed by atoms with Gasteiger partial charge in [0.05, 0.1) is 0 Å². The van der Waals surface area contributed by atoms with E-state index >= 15 is 0 Å². The van der Waals surface area contributed by atoms with Crippen LogP contribution in [0.4, 0.5) is 0 Å². The molecular weight excluding hydrogens is 182 g/mol. The molecular formula is C10H15NO3. The van der Waals surface area contributed by atoms with Gasteiger partial charge in [0.1, 0.15) is 5.54 Å². The molecule has 1 aliphatic heterocycles. The van der Waals surface area contributed by atoms with Gasteiger partial charge in [-0.2, -0.15) is 0 Å². The Labute approximate surface area is 83.2 Å². The van der Waals surface area contributed by atoms with Crippen molar-refractivity contribution < 1.29 is 14.7 Å². The molecule has 0 aromatic rings. The molecule has 4 nitrogen and oxygen atoms in total. The van der Waals surface area contributed by atoms with E-state index in [9.17, 15) is 9.59 Å². The smallest absolute Gasteiger partial charge is 0.329 e. The first-order valence-electron chi connectivity index (χ1n) is 4.67. The average Bonchev–Trinajstić information content (AvgIpc) is 2.49. The van der Waals surface area contributed by atoms with Gasteiger partial charge in [-0.25, -0.2) is 4.79 Å². The van der Waals surface area contributed by atoms with Crippen LogP contribution in [-0.2, 0) is 9.59 Å². The molecule has 0 spiro atoms. The summed E-state index contributed by atoms with van der Waals surface area (Å²) >= 11 is 0. The van der Waals surface area contributed by atoms with Gasteiger partial charge in [0.2, 0.25) is 5.91 Å². The van der Waals surface area contributed by atoms with Crippen LogP contribution in [0.5, 0.6) is 0 Å². The van der Waals surface area contributed by atoms with Crippen LogP contribution >= 0.6 is 0 Å². The number of aliphatic carboxylic acids is 1. The molecule has 1 heterocycles. The third kappa shape index (κ3) is 1.64. The summed E-state index contributed by atoms with van der Waals surface area (Å²) in [4.78, 5) is 24.0. The summed E-state index contributed by atoms with van der Waals surface area (Å²) in [5.41, 5.74) is -1.01. The van der Waals surface area contributed by atoms with E-state index in [-0.39, 0.29) is 12.3 Å². The van der Waals surface area contributed by atoms with Crippen LogP contribution in [0.2, 0.25) is 0 Å². The molecule has 14 heavy (non-hydrogen) atoms. The first kappa shape index (κ1) is 10.8. The second kappa shape index (κ2) is 3.82. The van der Waals surface area contributed by atoms with E-state index in [2.05, 4.69) is 6.58 Å². The topological polar surface area (TPSA) is 57.6 Å². The van der Waals surface area contributed by atoms with Crippen LogP contribution in [0.15, 0.2) is 12.7 Å². The molecule has 1 rings (SSSR count). The van der Waals surface area contributed by atoms with E-state index in [4.69, 9.17) is 5.11 Å². The molecule has 1 fully saturated rings. The first-order valence-corrected chi connectivity index (χ1v) is 4.67. The Morgan fingerprint density at radius 1 is 1.64 bits per heavy atom. The van der Waals surface area contributed by atoms with Crippen LogP contribution in [0, 0.1) is 0 Å². The summed E-state index contributed by atoms with van der Waals surface area (Å²) in [5.74, 6) is -1.07. The van der Waals surface area contributed by atoms with Gasteiger partial charge >= 0.3 is 5.97 Å². The molecule has 1 saturated heterocycles. The summed E-state index contributed by atoms with van der Waals surface area (Å²) in [5, 5.41) is 9.04. The maximum Gasteiger partial charge on any atom is 0.329 e. The molecule has 0 radical (unpaired) electrons. The van der Waals surface area contributed by atoms with Crippen molar-refractivity contribution in [1.29, 1.82) is 0 Å². The van der Waals surface area contributed by atoms with Crippen LogP contribution in [0.3, 0.4) is 0 Å². The summed E-state index contributed by atoms with van der Waals surface area (Å²) < 4.78 is 0. The predicted molar refractivity (Wildman–Crippen MR) is 51.8 cm³/mol. The third-order valence-electron chi connectivity index (χ3n) is 2.72. The van der Waals surface area contributed by atoms with Crippen molar-refractivity contribution in [2.24, 2.45) is 0 Å². The highest BCUT2D eigenvalue weighted by molar-refractivity contribution is 5.87. The number of nitrogens with zero attached hydrogens (tertiary/aromatic N) is 1. The minimum Gasteiger partial charge on any atom is -0.480 e. The molecule has 1 amide bonds. The zero-order chi connectivity index (χ0) is 10.8. The van der Waals surface area contributed by atoms with Gasteiger partial charge in [0.25, 0.3) is 0 Å². The molecule has 0 aliphatic carbocycles. The molecule has 0 aromatic carbocycles. The molecule has 1 atom stereocenters. The molecule has 0 bridgehead atoms. The van der Waals surface area contributed by atoms with Crippen molar-refractivity contribution in [1.82, 2.24) is 4.90 Å². The van der Waals surface area contributed by atoms with E-state index in [0.717, 1.165) is 6.42 Å². The lowest BCUT2D eigenvalue weighted by atomic mass is 9.99. The quantitative estimate of drug-likeness (QED) is 0.687. The largest absolute Gasteiger partial charge is 0.480 e. The summed E-state index contributed by atoms with van der Waals surface area (Å²) in [6, 6.07) is 0. The fourth-order valence-electron chi connectivity index (χ4n) is 1.82. The lowest BCUT2D eigenvalue weighted by Gasteiger charge is -2.30. The van der Waals surface area contributed by atoms with Crippen molar-refractivity contribution in [3.63, 3.8) is 0 Å². The van der Waals surface area contributed by atoms with Crippen LogP contribution in [0.25, 0.3) is 0 Å². The number of amides is 1. The highest BCUT2D eigenvalue weighted by atomic mass is 16.4. The Bertz CT molecular complexity index is 275. The zero-order valence-electron chi connectivity index (χ0n) is 8.32. The lowest BCUT2D eigenvalue weighted by molar-refractivity contribution is -0.155. The molecule has 1 aliphatic rings. The second-order valence-corrected chi connectivity index (χ2v) is 3.72. The Hall–Kier alpha value is -1.32. The Kier molecular flexibility index (Phi) is 2.93. The van der Waals surface area contributed by atoms with Crippen molar-refractivity contribution in [3.8, 4) is 0 Å². The predicted octanol–water partition coefficient (Wildman–Crippen LogP) is 1.03. The van der Waals surface area contributed by atoms with E-state index in [1.807, 2.05) is 0 Å². The van der Waals surface area contributed by atoms with Crippen molar-refractivity contribution >= 4 is 11.9 Å². The van der Waals surface area contributed by atoms with E-state index in [1.54, 1.807) is 6.92 Å². The van der Waals surface area contributed by atoms with Gasteiger partial charge in [-0.05, 0) is 19.8 Å². The fraction of sp³-hybridized carbons (Fsp3) is 0.600. The van der Waals surface area contributed by atoms with Crippen LogP contribution in [0.1, 0.15) is 26.2 Å². The van der Waals surface area contributed by atoms with E-state index in [1.165, 1.54) is 11.0 Å². The number of carboxylic acid groups (broad SMARTS) is 1. The monoisotopic (exact) mass is 197 g/mol. The number of likely N-dealkylation sites (tertiary alicyclic amines) is 1. The zero-order valence-corrected chi connectivity index (χ0v) is 8.32. The number of hydrogen-bond donors (Lipinski definition) is 1. The highest BCUT2D eigenvalue weighted by Gasteiger charge is 2.45. The molecule has 78 valence electrons. The summed E-state index contributed by atoms with van der Waals surface area (Å²) in [6.45, 7) is 5.61. The van der Waals surface area contributed by atoms with Gasteiger partial charge in [0, 0.05) is 13.0 Å². The summed E-state index contributed by atoms with van der Waals surface area (Å²) in [7, 11) is 0. The average molecular weight is 197 g/mol. The lowest BCUT2D eigenvalue weighted by Crippen LogP contribution is -2.50. The van der Waals surface area contributed by atoms with Crippen LogP contribution < -0.4 is 0 Å².